The average molecular weight is 333 g/mol. The third kappa shape index (κ3) is 3.38. The topological polar surface area (TPSA) is 66.4 Å². The van der Waals surface area contributed by atoms with Crippen molar-refractivity contribution in [3.05, 3.63) is 77.4 Å². The zero-order chi connectivity index (χ0) is 18.0. The molecule has 0 aromatic heterocycles. The third-order valence-corrected chi connectivity index (χ3v) is 4.24. The van der Waals surface area contributed by atoms with Crippen LogP contribution in [-0.2, 0) is 0 Å². The standard InChI is InChI=1S/C21H19NO3/c1-13(2)14-7-9-16(10-8-14)20(23)22-19-17-6-4-3-5-15(17)11-12-18(19)21(24)25/h3-13H,1-2H3,(H,22,23)(H,24,25). The van der Waals surface area contributed by atoms with E-state index in [1.807, 2.05) is 30.3 Å². The average Bonchev–Trinajstić information content (AvgIpc) is 2.61. The van der Waals surface area contributed by atoms with E-state index < -0.39 is 5.97 Å². The zero-order valence-electron chi connectivity index (χ0n) is 14.1. The Kier molecular flexibility index (Phi) is 4.52. The Morgan fingerprint density at radius 2 is 1.60 bits per heavy atom. The van der Waals surface area contributed by atoms with Gasteiger partial charge >= 0.3 is 5.97 Å². The van der Waals surface area contributed by atoms with Crippen LogP contribution in [0.1, 0.15) is 46.0 Å². The summed E-state index contributed by atoms with van der Waals surface area (Å²) >= 11 is 0. The Morgan fingerprint density at radius 3 is 2.24 bits per heavy atom. The molecular weight excluding hydrogens is 314 g/mol. The van der Waals surface area contributed by atoms with Crippen LogP contribution in [-0.4, -0.2) is 17.0 Å². The first-order valence-electron chi connectivity index (χ1n) is 8.13. The van der Waals surface area contributed by atoms with Crippen molar-refractivity contribution in [2.75, 3.05) is 5.32 Å². The number of carbonyl (C=O) groups is 2. The van der Waals surface area contributed by atoms with Crippen molar-refractivity contribution in [1.82, 2.24) is 0 Å². The second kappa shape index (κ2) is 6.77. The molecule has 2 N–H and O–H groups in total. The smallest absolute Gasteiger partial charge is 0.337 e. The van der Waals surface area contributed by atoms with Gasteiger partial charge in [-0.2, -0.15) is 0 Å². The van der Waals surface area contributed by atoms with Gasteiger partial charge in [0.1, 0.15) is 0 Å². The molecule has 0 unspecified atom stereocenters. The van der Waals surface area contributed by atoms with E-state index in [1.165, 1.54) is 6.07 Å². The largest absolute Gasteiger partial charge is 0.478 e. The molecule has 0 aliphatic rings. The van der Waals surface area contributed by atoms with Crippen LogP contribution in [0.25, 0.3) is 10.8 Å². The Bertz CT molecular complexity index is 943. The first-order valence-corrected chi connectivity index (χ1v) is 8.13. The van der Waals surface area contributed by atoms with Gasteiger partial charge in [0, 0.05) is 10.9 Å². The lowest BCUT2D eigenvalue weighted by atomic mass is 10.0. The van der Waals surface area contributed by atoms with Crippen LogP contribution in [0.4, 0.5) is 5.69 Å². The summed E-state index contributed by atoms with van der Waals surface area (Å²) < 4.78 is 0. The molecule has 0 heterocycles. The molecule has 126 valence electrons. The fourth-order valence-corrected chi connectivity index (χ4v) is 2.79. The van der Waals surface area contributed by atoms with Crippen LogP contribution in [0.15, 0.2) is 60.7 Å². The SMILES string of the molecule is CC(C)c1ccc(C(=O)Nc2c(C(=O)O)ccc3ccccc23)cc1. The fourth-order valence-electron chi connectivity index (χ4n) is 2.79. The summed E-state index contributed by atoms with van der Waals surface area (Å²) in [6.07, 6.45) is 0. The lowest BCUT2D eigenvalue weighted by Crippen LogP contribution is -2.15. The molecule has 3 aromatic rings. The number of carboxylic acids is 1. The van der Waals surface area contributed by atoms with E-state index in [9.17, 15) is 14.7 Å². The Hall–Kier alpha value is -3.14. The van der Waals surface area contributed by atoms with Crippen LogP contribution in [0.5, 0.6) is 0 Å². The van der Waals surface area contributed by atoms with Crippen LogP contribution in [0, 0.1) is 0 Å². The van der Waals surface area contributed by atoms with Gasteiger partial charge < -0.3 is 10.4 Å². The molecule has 0 spiro atoms. The van der Waals surface area contributed by atoms with Gasteiger partial charge in [-0.25, -0.2) is 4.79 Å². The minimum Gasteiger partial charge on any atom is -0.478 e. The molecule has 0 aliphatic carbocycles. The van der Waals surface area contributed by atoms with Crippen molar-refractivity contribution in [3.63, 3.8) is 0 Å². The highest BCUT2D eigenvalue weighted by atomic mass is 16.4. The highest BCUT2D eigenvalue weighted by molar-refractivity contribution is 6.14. The van der Waals surface area contributed by atoms with Crippen LogP contribution in [0.2, 0.25) is 0 Å². The maximum absolute atomic E-state index is 12.6. The minimum atomic E-state index is -1.07. The monoisotopic (exact) mass is 333 g/mol. The summed E-state index contributed by atoms with van der Waals surface area (Å²) in [6.45, 7) is 4.18. The fraction of sp³-hybridized carbons (Fsp3) is 0.143. The molecular formula is C21H19NO3. The van der Waals surface area contributed by atoms with Gasteiger partial charge in [-0.1, -0.05) is 56.3 Å². The lowest BCUT2D eigenvalue weighted by molar-refractivity contribution is 0.0698. The van der Waals surface area contributed by atoms with E-state index in [0.717, 1.165) is 10.9 Å². The molecule has 0 radical (unpaired) electrons. The first kappa shape index (κ1) is 16.7. The summed E-state index contributed by atoms with van der Waals surface area (Å²) in [6, 6.07) is 18.0. The van der Waals surface area contributed by atoms with Crippen molar-refractivity contribution in [1.29, 1.82) is 0 Å². The number of hydrogen-bond acceptors (Lipinski definition) is 2. The number of aromatic carboxylic acids is 1. The molecule has 0 bridgehead atoms. The van der Waals surface area contributed by atoms with Gasteiger partial charge in [0.15, 0.2) is 0 Å². The normalized spacial score (nSPS) is 10.8. The highest BCUT2D eigenvalue weighted by Crippen LogP contribution is 2.28. The van der Waals surface area contributed by atoms with Crippen LogP contribution < -0.4 is 5.32 Å². The molecule has 0 aliphatic heterocycles. The van der Waals surface area contributed by atoms with Gasteiger partial charge in [-0.05, 0) is 35.1 Å². The summed E-state index contributed by atoms with van der Waals surface area (Å²) in [4.78, 5) is 24.2. The van der Waals surface area contributed by atoms with E-state index in [1.54, 1.807) is 24.3 Å². The maximum atomic E-state index is 12.6. The molecule has 0 saturated carbocycles. The second-order valence-corrected chi connectivity index (χ2v) is 6.25. The number of hydrogen-bond donors (Lipinski definition) is 2. The van der Waals surface area contributed by atoms with E-state index >= 15 is 0 Å². The number of nitrogens with one attached hydrogen (secondary N) is 1. The lowest BCUT2D eigenvalue weighted by Gasteiger charge is -2.13. The summed E-state index contributed by atoms with van der Waals surface area (Å²) in [5.74, 6) is -1.01. The van der Waals surface area contributed by atoms with Crippen molar-refractivity contribution in [2.24, 2.45) is 0 Å². The highest BCUT2D eigenvalue weighted by Gasteiger charge is 2.16. The maximum Gasteiger partial charge on any atom is 0.337 e. The van der Waals surface area contributed by atoms with Gasteiger partial charge in [0.2, 0.25) is 0 Å². The number of carboxylic acid groups (broad SMARTS) is 1. The molecule has 4 nitrogen and oxygen atoms in total. The molecule has 4 heteroatoms. The molecule has 1 amide bonds. The molecule has 25 heavy (non-hydrogen) atoms. The van der Waals surface area contributed by atoms with E-state index in [4.69, 9.17) is 0 Å². The third-order valence-electron chi connectivity index (χ3n) is 4.24. The second-order valence-electron chi connectivity index (χ2n) is 6.25. The predicted octanol–water partition coefficient (Wildman–Crippen LogP) is 4.91. The number of rotatable bonds is 4. The van der Waals surface area contributed by atoms with E-state index in [2.05, 4.69) is 19.2 Å². The summed E-state index contributed by atoms with van der Waals surface area (Å²) in [7, 11) is 0. The van der Waals surface area contributed by atoms with E-state index in [-0.39, 0.29) is 11.5 Å². The quantitative estimate of drug-likeness (QED) is 0.712. The summed E-state index contributed by atoms with van der Waals surface area (Å²) in [5.41, 5.74) is 2.04. The van der Waals surface area contributed by atoms with Crippen LogP contribution in [0.3, 0.4) is 0 Å². The van der Waals surface area contributed by atoms with Crippen molar-refractivity contribution < 1.29 is 14.7 Å². The van der Waals surface area contributed by atoms with Crippen molar-refractivity contribution in [3.8, 4) is 0 Å². The number of amides is 1. The van der Waals surface area contributed by atoms with Gasteiger partial charge in [-0.3, -0.25) is 4.79 Å². The Labute approximate surface area is 146 Å². The number of anilines is 1. The molecule has 0 fully saturated rings. The minimum absolute atomic E-state index is 0.0749. The predicted molar refractivity (Wildman–Crippen MR) is 99.4 cm³/mol. The first-order chi connectivity index (χ1) is 12.0. The van der Waals surface area contributed by atoms with Crippen LogP contribution >= 0.6 is 0 Å². The van der Waals surface area contributed by atoms with Crippen molar-refractivity contribution >= 4 is 28.3 Å². The zero-order valence-corrected chi connectivity index (χ0v) is 14.1. The van der Waals surface area contributed by atoms with Gasteiger partial charge in [0.25, 0.3) is 5.91 Å². The van der Waals surface area contributed by atoms with Crippen molar-refractivity contribution in [2.45, 2.75) is 19.8 Å². The summed E-state index contributed by atoms with van der Waals surface area (Å²) in [5, 5.41) is 13.8. The molecule has 3 aromatic carbocycles. The Morgan fingerprint density at radius 1 is 0.920 bits per heavy atom. The number of fused-ring (bicyclic) bond motifs is 1. The Balaban J connectivity index is 2.00. The molecule has 3 rings (SSSR count). The number of benzene rings is 3. The molecule has 0 atom stereocenters. The van der Waals surface area contributed by atoms with E-state index in [0.29, 0.717) is 22.6 Å². The molecule has 0 saturated heterocycles. The van der Waals surface area contributed by atoms with Gasteiger partial charge in [-0.15, -0.1) is 0 Å². The number of carbonyl (C=O) groups excluding carboxylic acids is 1. The van der Waals surface area contributed by atoms with Gasteiger partial charge in [0.05, 0.1) is 11.3 Å².